The summed E-state index contributed by atoms with van der Waals surface area (Å²) in [6.45, 7) is 4.09. The predicted molar refractivity (Wildman–Crippen MR) is 424 cm³/mol. The van der Waals surface area contributed by atoms with Gasteiger partial charge in [-0.15, -0.1) is 0 Å². The highest BCUT2D eigenvalue weighted by atomic mass is 31.2. The van der Waals surface area contributed by atoms with Crippen molar-refractivity contribution in [1.29, 1.82) is 0 Å². The van der Waals surface area contributed by atoms with Crippen LogP contribution in [0.3, 0.4) is 0 Å². The maximum Gasteiger partial charge on any atom is 0.306 e. The lowest BCUT2D eigenvalue weighted by molar-refractivity contribution is -0.870. The summed E-state index contributed by atoms with van der Waals surface area (Å²) >= 11 is 0. The molecule has 0 bridgehead atoms. The van der Waals surface area contributed by atoms with E-state index in [1.807, 2.05) is 21.1 Å². The number of carbonyl (C=O) groups is 2. The fourth-order valence-electron chi connectivity index (χ4n) is 10.9. The van der Waals surface area contributed by atoms with Crippen molar-refractivity contribution in [2.45, 2.75) is 341 Å². The third kappa shape index (κ3) is 80.6. The van der Waals surface area contributed by atoms with Gasteiger partial charge in [-0.1, -0.05) is 352 Å². The number of ether oxygens (including phenoxy) is 2. The smallest absolute Gasteiger partial charge is 0.306 e. The van der Waals surface area contributed by atoms with Gasteiger partial charge in [-0.3, -0.25) is 14.2 Å². The van der Waals surface area contributed by atoms with Gasteiger partial charge in [-0.2, -0.15) is 0 Å². The highest BCUT2D eigenvalue weighted by Crippen LogP contribution is 2.38. The van der Waals surface area contributed by atoms with Gasteiger partial charge in [0.15, 0.2) is 6.10 Å². The molecule has 98 heavy (non-hydrogen) atoms. The Morgan fingerprint density at radius 3 is 0.898 bits per heavy atom. The number of allylic oxidation sites excluding steroid dienone is 26. The molecule has 0 rings (SSSR count). The average Bonchev–Trinajstić information content (AvgIpc) is 1.23. The number of phosphoric ester groups is 1. The van der Waals surface area contributed by atoms with E-state index < -0.39 is 32.5 Å². The Labute approximate surface area is 605 Å². The van der Waals surface area contributed by atoms with Crippen LogP contribution < -0.4 is 4.89 Å². The van der Waals surface area contributed by atoms with E-state index in [0.29, 0.717) is 17.4 Å². The maximum absolute atomic E-state index is 12.9. The summed E-state index contributed by atoms with van der Waals surface area (Å²) in [5, 5.41) is 0. The van der Waals surface area contributed by atoms with Gasteiger partial charge < -0.3 is 27.9 Å². The second-order valence-electron chi connectivity index (χ2n) is 27.7. The van der Waals surface area contributed by atoms with E-state index in [2.05, 4.69) is 172 Å². The minimum Gasteiger partial charge on any atom is -0.756 e. The molecule has 0 aromatic carbocycles. The minimum atomic E-state index is -4.67. The number of esters is 2. The molecule has 9 nitrogen and oxygen atoms in total. The van der Waals surface area contributed by atoms with Crippen LogP contribution in [0.15, 0.2) is 158 Å². The highest BCUT2D eigenvalue weighted by molar-refractivity contribution is 7.45. The fourth-order valence-corrected chi connectivity index (χ4v) is 11.7. The van der Waals surface area contributed by atoms with Gasteiger partial charge in [0.1, 0.15) is 19.8 Å². The van der Waals surface area contributed by atoms with Crippen molar-refractivity contribution >= 4 is 19.8 Å². The number of nitrogens with zero attached hydrogens (tertiary/aromatic N) is 1. The van der Waals surface area contributed by atoms with Crippen LogP contribution in [-0.4, -0.2) is 70.0 Å². The van der Waals surface area contributed by atoms with Crippen LogP contribution >= 0.6 is 7.82 Å². The quantitative estimate of drug-likeness (QED) is 0.0195. The van der Waals surface area contributed by atoms with Gasteiger partial charge in [0.25, 0.3) is 7.82 Å². The second-order valence-corrected chi connectivity index (χ2v) is 29.1. The summed E-state index contributed by atoms with van der Waals surface area (Å²) in [6.07, 6.45) is 115. The first-order valence-electron chi connectivity index (χ1n) is 40.2. The van der Waals surface area contributed by atoms with E-state index in [1.54, 1.807) is 0 Å². The fraction of sp³-hybridized carbons (Fsp3) is 0.682. The first-order chi connectivity index (χ1) is 48.0. The molecule has 560 valence electrons. The molecule has 0 aliphatic rings. The molecule has 0 aliphatic carbocycles. The predicted octanol–water partition coefficient (Wildman–Crippen LogP) is 26.4. The Balaban J connectivity index is 4.09. The molecule has 0 heterocycles. The molecule has 2 unspecified atom stereocenters. The molecule has 0 fully saturated rings. The zero-order chi connectivity index (χ0) is 71.1. The Kier molecular flexibility index (Phi) is 73.4. The number of hydrogen-bond acceptors (Lipinski definition) is 8. The number of unbranched alkanes of at least 4 members (excludes halogenated alkanes) is 33. The van der Waals surface area contributed by atoms with E-state index >= 15 is 0 Å². The van der Waals surface area contributed by atoms with Gasteiger partial charge in [-0.05, 0) is 128 Å². The number of quaternary nitrogens is 1. The third-order valence-corrected chi connectivity index (χ3v) is 18.0. The molecule has 0 aromatic rings. The first kappa shape index (κ1) is 93.6. The van der Waals surface area contributed by atoms with Crippen LogP contribution in [-0.2, 0) is 32.7 Å². The number of likely N-dealkylation sites (N-methyl/N-ethyl adjacent to an activating group) is 1. The monoisotopic (exact) mass is 1380 g/mol. The molecular formula is C88H150NO8P. The second kappa shape index (κ2) is 76.8. The van der Waals surface area contributed by atoms with E-state index in [0.717, 1.165) is 109 Å². The lowest BCUT2D eigenvalue weighted by Gasteiger charge is -2.28. The summed E-state index contributed by atoms with van der Waals surface area (Å²) in [5.74, 6) is -0.883. The van der Waals surface area contributed by atoms with Crippen LogP contribution in [0.4, 0.5) is 0 Å². The number of carbonyl (C=O) groups excluding carboxylic acids is 2. The zero-order valence-corrected chi connectivity index (χ0v) is 64.8. The standard InChI is InChI=1S/C88H150NO8P/c1-6-8-10-12-14-16-18-20-22-24-26-28-30-32-34-36-38-40-42-43-44-45-47-49-51-53-55-57-59-61-63-65-67-69-71-73-75-77-79-81-88(91)97-86(85-96-98(92,93)95-83-82-89(3,4)5)84-94-87(90)80-78-76-74-72-70-68-66-64-62-60-58-56-54-52-50-48-46-41-39-37-35-33-31-29-27-25-23-21-19-17-15-13-11-9-7-2/h8,10,14,16,20,22,25-28,32,34,38,40,43-44,47,49,53,55,59,61,65,67,71,73,86H,6-7,9,11-13,15,17-19,21,23-24,29-31,33,35-37,39,41-42,45-46,48,50-52,54,56-58,60,62-64,66,68-70,72,74-85H2,1-5H3/b10-8-,16-14-,22-20-,27-25-,28-26-,34-32-,40-38-,44-43-,49-47-,55-53-,61-59-,67-65-,73-71-. The van der Waals surface area contributed by atoms with Gasteiger partial charge >= 0.3 is 11.9 Å². The number of rotatable bonds is 73. The Bertz CT molecular complexity index is 2220. The van der Waals surface area contributed by atoms with E-state index in [4.69, 9.17) is 18.5 Å². The van der Waals surface area contributed by atoms with E-state index in [-0.39, 0.29) is 26.1 Å². The Morgan fingerprint density at radius 1 is 0.327 bits per heavy atom. The topological polar surface area (TPSA) is 111 Å². The van der Waals surface area contributed by atoms with Gasteiger partial charge in [0.2, 0.25) is 0 Å². The van der Waals surface area contributed by atoms with Crippen molar-refractivity contribution in [1.82, 2.24) is 0 Å². The van der Waals surface area contributed by atoms with Crippen LogP contribution in [0.2, 0.25) is 0 Å². The molecule has 0 saturated carbocycles. The Morgan fingerprint density at radius 2 is 0.582 bits per heavy atom. The van der Waals surface area contributed by atoms with Crippen molar-refractivity contribution in [3.8, 4) is 0 Å². The van der Waals surface area contributed by atoms with Crippen LogP contribution in [0.1, 0.15) is 335 Å². The summed E-state index contributed by atoms with van der Waals surface area (Å²) < 4.78 is 34.3. The zero-order valence-electron chi connectivity index (χ0n) is 63.9. The minimum absolute atomic E-state index is 0.0461. The van der Waals surface area contributed by atoms with E-state index in [1.165, 1.54) is 193 Å². The maximum atomic E-state index is 12.9. The van der Waals surface area contributed by atoms with Crippen molar-refractivity contribution < 1.29 is 42.1 Å². The molecule has 0 saturated heterocycles. The summed E-state index contributed by atoms with van der Waals surface area (Å²) in [7, 11) is 1.13. The molecule has 0 spiro atoms. The summed E-state index contributed by atoms with van der Waals surface area (Å²) in [4.78, 5) is 38.1. The highest BCUT2D eigenvalue weighted by Gasteiger charge is 2.22. The molecule has 0 amide bonds. The normalized spacial score (nSPS) is 13.9. The molecule has 0 N–H and O–H groups in total. The largest absolute Gasteiger partial charge is 0.756 e. The van der Waals surface area contributed by atoms with Crippen molar-refractivity contribution in [2.24, 2.45) is 0 Å². The molecule has 2 atom stereocenters. The van der Waals surface area contributed by atoms with Gasteiger partial charge in [-0.25, -0.2) is 0 Å². The lowest BCUT2D eigenvalue weighted by Crippen LogP contribution is -2.37. The van der Waals surface area contributed by atoms with Crippen LogP contribution in [0, 0.1) is 0 Å². The van der Waals surface area contributed by atoms with Gasteiger partial charge in [0, 0.05) is 12.8 Å². The third-order valence-electron chi connectivity index (χ3n) is 17.0. The number of hydrogen-bond donors (Lipinski definition) is 0. The van der Waals surface area contributed by atoms with E-state index in [9.17, 15) is 19.0 Å². The molecule has 10 heteroatoms. The molecular weight excluding hydrogens is 1230 g/mol. The SMILES string of the molecule is CC/C=C\C/C=C\C/C=C\C/C=C\C/C=C\C/C=C\C/C=C\C/C=C\C/C=C\C/C=C\C/C=C\C/C=C\CCCCC(=O)OC(COC(=O)CCCCCCCCCCCCCCCCCCCCCCCCC/C=C\CCCCCCCCCC)COP(=O)([O-])OCC[N+](C)(C)C. The van der Waals surface area contributed by atoms with Crippen LogP contribution in [0.25, 0.3) is 0 Å². The average molecular weight is 1380 g/mol. The molecule has 0 radical (unpaired) electrons. The summed E-state index contributed by atoms with van der Waals surface area (Å²) in [6, 6.07) is 0. The number of phosphoric acid groups is 1. The van der Waals surface area contributed by atoms with Crippen LogP contribution in [0.5, 0.6) is 0 Å². The lowest BCUT2D eigenvalue weighted by atomic mass is 10.0. The molecule has 0 aromatic heterocycles. The molecule has 0 aliphatic heterocycles. The van der Waals surface area contributed by atoms with Crippen molar-refractivity contribution in [2.75, 3.05) is 47.5 Å². The summed E-state index contributed by atoms with van der Waals surface area (Å²) in [5.41, 5.74) is 0. The first-order valence-corrected chi connectivity index (χ1v) is 41.7. The van der Waals surface area contributed by atoms with Crippen molar-refractivity contribution in [3.63, 3.8) is 0 Å². The Hall–Kier alpha value is -4.37. The van der Waals surface area contributed by atoms with Crippen molar-refractivity contribution in [3.05, 3.63) is 158 Å². The van der Waals surface area contributed by atoms with Gasteiger partial charge in [0.05, 0.1) is 27.7 Å².